The second-order valence-corrected chi connectivity index (χ2v) is 16.5. The topological polar surface area (TPSA) is 324 Å². The van der Waals surface area contributed by atoms with Crippen molar-refractivity contribution in [2.24, 2.45) is 10.2 Å². The maximum atomic E-state index is 13.4. The van der Waals surface area contributed by atoms with Gasteiger partial charge in [-0.05, 0) is 115 Å². The van der Waals surface area contributed by atoms with Gasteiger partial charge in [-0.15, -0.1) is 0 Å². The molecule has 4 aromatic rings. The minimum atomic E-state index is -5.07. The van der Waals surface area contributed by atoms with Crippen LogP contribution in [-0.4, -0.2) is 79.0 Å². The van der Waals surface area contributed by atoms with Gasteiger partial charge in [0.05, 0.1) is 21.8 Å². The van der Waals surface area contributed by atoms with Gasteiger partial charge in [0.1, 0.15) is 9.81 Å². The van der Waals surface area contributed by atoms with Crippen LogP contribution in [0.3, 0.4) is 0 Å². The van der Waals surface area contributed by atoms with Crippen LogP contribution in [0.15, 0.2) is 104 Å². The molecule has 20 nitrogen and oxygen atoms in total. The van der Waals surface area contributed by atoms with E-state index in [0.29, 0.717) is 0 Å². The molecule has 58 heavy (non-hydrogen) atoms. The highest BCUT2D eigenvalue weighted by molar-refractivity contribution is 7.91. The van der Waals surface area contributed by atoms with Gasteiger partial charge in [-0.1, -0.05) is 0 Å². The first-order chi connectivity index (χ1) is 27.1. The maximum Gasteiger partial charge on any atom is 0.335 e. The van der Waals surface area contributed by atoms with E-state index < -0.39 is 80.1 Å². The van der Waals surface area contributed by atoms with Crippen LogP contribution in [0.2, 0.25) is 0 Å². The Morgan fingerprint density at radius 1 is 0.586 bits per heavy atom. The monoisotopic (exact) mass is 850 g/mol. The average molecular weight is 851 g/mol. The number of ketones is 2. The van der Waals surface area contributed by atoms with Gasteiger partial charge in [0.2, 0.25) is 11.6 Å². The molecule has 4 aromatic carbocycles. The van der Waals surface area contributed by atoms with Crippen LogP contribution in [0.25, 0.3) is 12.2 Å². The van der Waals surface area contributed by atoms with Crippen LogP contribution < -0.4 is 21.5 Å². The highest BCUT2D eigenvalue weighted by atomic mass is 32.2. The first-order valence-corrected chi connectivity index (χ1v) is 20.4. The molecule has 2 amide bonds. The summed E-state index contributed by atoms with van der Waals surface area (Å²) in [5.74, 6) is -3.04. The Balaban J connectivity index is 1.21. The number of carboxylic acids is 1. The fraction of sp³-hybridized carbons (Fsp3) is 0.0286. The van der Waals surface area contributed by atoms with Crippen molar-refractivity contribution >= 4 is 100 Å². The second-order valence-electron chi connectivity index (χ2n) is 12.3. The van der Waals surface area contributed by atoms with Crippen molar-refractivity contribution < 1.29 is 63.2 Å². The maximum absolute atomic E-state index is 13.4. The number of urea groups is 1. The molecule has 0 saturated heterocycles. The standard InChI is InChI=1S/C35H26N6O14S3/c1-17-12-24(56(47,48)49)8-11-27(17)39-41-31-29(58(53,54)55)16-20-14-23(7-10-26(20)33(31)43)37-35(46)36-22-6-9-25-19(13-22)15-28(57(50,51)52)30(32(25)42)40-38-21-4-2-18(3-5-21)34(44)45/h2-16,38-39H,1H3,(H,44,45)(H2,36,37,46)(H,47,48,49)(H,50,51,52)(H,53,54,55). The number of fused-ring (bicyclic) bond motifs is 2. The third-order valence-corrected chi connectivity index (χ3v) is 10.9. The summed E-state index contributed by atoms with van der Waals surface area (Å²) in [5, 5.41) is 21.7. The number of amides is 2. The number of carbonyl (C=O) groups excluding carboxylic acids is 3. The number of hydrazone groups is 2. The number of anilines is 4. The smallest absolute Gasteiger partial charge is 0.335 e. The van der Waals surface area contributed by atoms with Crippen molar-refractivity contribution in [3.8, 4) is 0 Å². The Hall–Kier alpha value is -6.89. The lowest BCUT2D eigenvalue weighted by molar-refractivity contribution is 0.0696. The molecule has 0 fully saturated rings. The zero-order chi connectivity index (χ0) is 42.3. The molecule has 0 saturated carbocycles. The van der Waals surface area contributed by atoms with Crippen LogP contribution in [-0.2, 0) is 30.4 Å². The van der Waals surface area contributed by atoms with Crippen molar-refractivity contribution in [1.82, 2.24) is 0 Å². The Labute approximate surface area is 327 Å². The van der Waals surface area contributed by atoms with Gasteiger partial charge in [0.15, 0.2) is 11.4 Å². The zero-order valence-corrected chi connectivity index (χ0v) is 31.6. The number of Topliss-reactive ketones (excluding diaryl/α,β-unsaturated/α-hetero) is 2. The highest BCUT2D eigenvalue weighted by Gasteiger charge is 2.34. The molecular formula is C35H26N6O14S3. The number of hydrogen-bond acceptors (Lipinski definition) is 14. The van der Waals surface area contributed by atoms with Gasteiger partial charge in [-0.3, -0.25) is 34.1 Å². The third-order valence-electron chi connectivity index (χ3n) is 8.35. The van der Waals surface area contributed by atoms with Gasteiger partial charge in [-0.25, -0.2) is 9.59 Å². The number of allylic oxidation sites excluding steroid dienone is 2. The fourth-order valence-corrected chi connectivity index (χ4v) is 7.46. The van der Waals surface area contributed by atoms with E-state index in [-0.39, 0.29) is 56.1 Å². The molecule has 0 heterocycles. The molecule has 23 heteroatoms. The van der Waals surface area contributed by atoms with Crippen molar-refractivity contribution in [2.75, 3.05) is 21.5 Å². The van der Waals surface area contributed by atoms with Crippen LogP contribution in [0.1, 0.15) is 47.8 Å². The SMILES string of the molecule is Cc1cc(S(=O)(=O)O)ccc1NN=C1C(=O)c2ccc(NC(=O)Nc3ccc4c(c3)C=C(S(=O)(=O)O)C(=NNc3ccc(C(=O)O)cc3)C4=O)cc2C=C1S(=O)(=O)O. The summed E-state index contributed by atoms with van der Waals surface area (Å²) in [7, 11) is -14.6. The predicted octanol–water partition coefficient (Wildman–Crippen LogP) is 4.37. The molecule has 0 atom stereocenters. The number of nitrogens with zero attached hydrogens (tertiary/aromatic N) is 2. The molecule has 6 rings (SSSR count). The van der Waals surface area contributed by atoms with E-state index in [2.05, 4.69) is 31.7 Å². The Morgan fingerprint density at radius 2 is 1.05 bits per heavy atom. The van der Waals surface area contributed by atoms with Crippen LogP contribution in [0.4, 0.5) is 27.5 Å². The number of hydrogen-bond donors (Lipinski definition) is 8. The van der Waals surface area contributed by atoms with Crippen molar-refractivity contribution in [2.45, 2.75) is 11.8 Å². The summed E-state index contributed by atoms with van der Waals surface area (Å²) in [6.07, 6.45) is 1.89. The lowest BCUT2D eigenvalue weighted by Crippen LogP contribution is -2.27. The first kappa shape index (κ1) is 40.8. The van der Waals surface area contributed by atoms with Crippen molar-refractivity contribution in [3.05, 3.63) is 122 Å². The summed E-state index contributed by atoms with van der Waals surface area (Å²) >= 11 is 0. The number of aryl methyl sites for hydroxylation is 1. The van der Waals surface area contributed by atoms with E-state index >= 15 is 0 Å². The molecule has 0 aromatic heterocycles. The van der Waals surface area contributed by atoms with Crippen LogP contribution in [0, 0.1) is 6.92 Å². The van der Waals surface area contributed by atoms with Gasteiger partial charge < -0.3 is 15.7 Å². The minimum Gasteiger partial charge on any atom is -0.478 e. The van der Waals surface area contributed by atoms with Crippen molar-refractivity contribution in [1.29, 1.82) is 0 Å². The summed E-state index contributed by atoms with van der Waals surface area (Å²) < 4.78 is 101. The van der Waals surface area contributed by atoms with Gasteiger partial charge in [-0.2, -0.15) is 35.5 Å². The van der Waals surface area contributed by atoms with Crippen LogP contribution in [0.5, 0.6) is 0 Å². The molecule has 0 aliphatic heterocycles. The summed E-state index contributed by atoms with van der Waals surface area (Å²) in [5.41, 5.74) is 3.95. The summed E-state index contributed by atoms with van der Waals surface area (Å²) in [4.78, 5) is 48.7. The fourth-order valence-electron chi connectivity index (χ4n) is 5.58. The lowest BCUT2D eigenvalue weighted by Gasteiger charge is -2.18. The number of nitrogens with one attached hydrogen (secondary N) is 4. The predicted molar refractivity (Wildman–Crippen MR) is 210 cm³/mol. The van der Waals surface area contributed by atoms with Gasteiger partial charge in [0, 0.05) is 22.5 Å². The molecular weight excluding hydrogens is 825 g/mol. The second kappa shape index (κ2) is 15.2. The third kappa shape index (κ3) is 8.73. The molecule has 0 radical (unpaired) electrons. The zero-order valence-electron chi connectivity index (χ0n) is 29.2. The van der Waals surface area contributed by atoms with Crippen molar-refractivity contribution in [3.63, 3.8) is 0 Å². The number of carboxylic acid groups (broad SMARTS) is 1. The molecule has 0 unspecified atom stereocenters. The van der Waals surface area contributed by atoms with E-state index in [0.717, 1.165) is 24.3 Å². The van der Waals surface area contributed by atoms with Crippen LogP contribution >= 0.6 is 0 Å². The number of aromatic carboxylic acids is 1. The minimum absolute atomic E-state index is 0.0207. The number of rotatable bonds is 10. The largest absolute Gasteiger partial charge is 0.478 e. The molecule has 8 N–H and O–H groups in total. The summed E-state index contributed by atoms with van der Waals surface area (Å²) in [6.45, 7) is 1.45. The van der Waals surface area contributed by atoms with E-state index in [1.807, 2.05) is 0 Å². The lowest BCUT2D eigenvalue weighted by atomic mass is 9.94. The summed E-state index contributed by atoms with van der Waals surface area (Å²) in [6, 6.07) is 15.2. The van der Waals surface area contributed by atoms with E-state index in [9.17, 15) is 58.1 Å². The molecule has 2 aliphatic carbocycles. The first-order valence-electron chi connectivity index (χ1n) is 16.0. The Morgan fingerprint density at radius 3 is 1.48 bits per heavy atom. The molecule has 0 bridgehead atoms. The molecule has 2 aliphatic rings. The average Bonchev–Trinajstić information content (AvgIpc) is 3.13. The van der Waals surface area contributed by atoms with Gasteiger partial charge in [0.25, 0.3) is 30.4 Å². The molecule has 0 spiro atoms. The number of carbonyl (C=O) groups is 4. The Bertz CT molecular complexity index is 2960. The van der Waals surface area contributed by atoms with E-state index in [1.165, 1.54) is 73.7 Å². The molecule has 298 valence electrons. The quantitative estimate of drug-likeness (QED) is 0.0811. The van der Waals surface area contributed by atoms with Gasteiger partial charge >= 0.3 is 12.0 Å². The Kier molecular flexibility index (Phi) is 10.7. The normalized spacial score (nSPS) is 15.5. The van der Waals surface area contributed by atoms with E-state index in [4.69, 9.17) is 5.11 Å². The highest BCUT2D eigenvalue weighted by Crippen LogP contribution is 2.31. The number of benzene rings is 4. The van der Waals surface area contributed by atoms with E-state index in [1.54, 1.807) is 0 Å².